The molecule has 1 rings (SSSR count). The monoisotopic (exact) mass is 269 g/mol. The summed E-state index contributed by atoms with van der Waals surface area (Å²) >= 11 is 0. The van der Waals surface area contributed by atoms with Crippen LogP contribution in [0.15, 0.2) is 0 Å². The van der Waals surface area contributed by atoms with Crippen molar-refractivity contribution in [2.24, 2.45) is 5.92 Å². The molecule has 8 heteroatoms. The van der Waals surface area contributed by atoms with Gasteiger partial charge in [-0.05, 0) is 6.92 Å². The zero-order chi connectivity index (χ0) is 13.3. The Balaban J connectivity index is 2.77. The van der Waals surface area contributed by atoms with Gasteiger partial charge in [-0.15, -0.1) is 3.89 Å². The maximum Gasteiger partial charge on any atom is 0.302 e. The summed E-state index contributed by atoms with van der Waals surface area (Å²) in [5.74, 6) is -1.72. The summed E-state index contributed by atoms with van der Waals surface area (Å²) in [4.78, 5) is 12.8. The highest BCUT2D eigenvalue weighted by molar-refractivity contribution is 7.86. The van der Waals surface area contributed by atoms with Gasteiger partial charge in [0.15, 0.2) is 0 Å². The van der Waals surface area contributed by atoms with Gasteiger partial charge < -0.3 is 15.1 Å². The van der Waals surface area contributed by atoms with Crippen molar-refractivity contribution < 1.29 is 27.3 Å². The molecule has 0 aromatic carbocycles. The third-order valence-electron chi connectivity index (χ3n) is 2.97. The van der Waals surface area contributed by atoms with E-state index in [1.807, 2.05) is 0 Å². The van der Waals surface area contributed by atoms with Crippen LogP contribution in [-0.2, 0) is 15.0 Å². The van der Waals surface area contributed by atoms with Crippen LogP contribution in [0.25, 0.3) is 0 Å². The fraction of sp³-hybridized carbons (Fsp3) is 0.889. The Hall–Kier alpha value is -0.730. The molecule has 0 aliphatic carbocycles. The van der Waals surface area contributed by atoms with E-state index in [0.29, 0.717) is 0 Å². The van der Waals surface area contributed by atoms with Crippen LogP contribution in [-0.4, -0.2) is 60.5 Å². The smallest absolute Gasteiger partial charge is 0.302 e. The average Bonchev–Trinajstić information content (AvgIpc) is 2.56. The van der Waals surface area contributed by atoms with Gasteiger partial charge in [-0.3, -0.25) is 4.79 Å². The molecule has 0 saturated carbocycles. The van der Waals surface area contributed by atoms with Crippen LogP contribution in [0, 0.1) is 5.92 Å². The predicted octanol–water partition coefficient (Wildman–Crippen LogP) is -1.12. The van der Waals surface area contributed by atoms with Crippen molar-refractivity contribution in [3.05, 3.63) is 0 Å². The molecule has 1 aliphatic heterocycles. The average molecular weight is 269 g/mol. The Kier molecular flexibility index (Phi) is 4.11. The number of amides is 1. The minimum Gasteiger partial charge on any atom is -0.394 e. The van der Waals surface area contributed by atoms with E-state index in [4.69, 9.17) is 10.2 Å². The second-order valence-electron chi connectivity index (χ2n) is 4.59. The second-order valence-corrected chi connectivity index (χ2v) is 6.00. The van der Waals surface area contributed by atoms with Crippen LogP contribution >= 0.6 is 0 Å². The van der Waals surface area contributed by atoms with Gasteiger partial charge in [-0.25, -0.2) is 0 Å². The molecule has 6 nitrogen and oxygen atoms in total. The third kappa shape index (κ3) is 3.36. The van der Waals surface area contributed by atoms with Gasteiger partial charge in [0.2, 0.25) is 5.91 Å². The van der Waals surface area contributed by atoms with Crippen LogP contribution < -0.4 is 0 Å². The molecule has 1 fully saturated rings. The van der Waals surface area contributed by atoms with E-state index in [0.717, 1.165) is 0 Å². The van der Waals surface area contributed by atoms with Crippen LogP contribution in [0.2, 0.25) is 0 Å². The van der Waals surface area contributed by atoms with Crippen LogP contribution in [0.1, 0.15) is 13.3 Å². The summed E-state index contributed by atoms with van der Waals surface area (Å²) in [7, 11) is -4.62. The van der Waals surface area contributed by atoms with Gasteiger partial charge in [-0.1, -0.05) is 0 Å². The Bertz CT molecular complexity index is 392. The molecule has 0 aromatic rings. The minimum atomic E-state index is -4.62. The lowest BCUT2D eigenvalue weighted by Crippen LogP contribution is -2.52. The van der Waals surface area contributed by atoms with E-state index >= 15 is 0 Å². The normalized spacial score (nSPS) is 22.2. The molecular formula is C9H16FNO5S. The molecule has 1 aliphatic rings. The Labute approximate surface area is 99.2 Å². The first-order chi connectivity index (χ1) is 7.72. The largest absolute Gasteiger partial charge is 0.394 e. The molecule has 0 bridgehead atoms. The lowest BCUT2D eigenvalue weighted by Gasteiger charge is -2.35. The molecule has 0 radical (unpaired) electrons. The number of carbonyl (C=O) groups excluding carboxylic acids is 1. The van der Waals surface area contributed by atoms with Crippen LogP contribution in [0.3, 0.4) is 0 Å². The van der Waals surface area contributed by atoms with Crippen molar-refractivity contribution in [3.8, 4) is 0 Å². The first-order valence-electron chi connectivity index (χ1n) is 5.16. The number of likely N-dealkylation sites (tertiary alicyclic amines) is 1. The molecule has 1 atom stereocenters. The summed E-state index contributed by atoms with van der Waals surface area (Å²) < 4.78 is 33.5. The second kappa shape index (κ2) is 4.87. The first kappa shape index (κ1) is 14.3. The topological polar surface area (TPSA) is 94.9 Å². The van der Waals surface area contributed by atoms with Crippen molar-refractivity contribution in [2.75, 3.05) is 25.5 Å². The molecule has 1 unspecified atom stereocenters. The number of nitrogens with zero attached hydrogens (tertiary/aromatic N) is 1. The summed E-state index contributed by atoms with van der Waals surface area (Å²) in [6.45, 7) is 0.630. The lowest BCUT2D eigenvalue weighted by molar-refractivity contribution is -0.136. The first-order valence-corrected chi connectivity index (χ1v) is 6.71. The molecule has 0 aromatic heterocycles. The van der Waals surface area contributed by atoms with Gasteiger partial charge in [0.05, 0.1) is 24.5 Å². The lowest BCUT2D eigenvalue weighted by atomic mass is 10.0. The van der Waals surface area contributed by atoms with E-state index in [-0.39, 0.29) is 18.9 Å². The summed E-state index contributed by atoms with van der Waals surface area (Å²) in [5, 5.41) is 18.3. The van der Waals surface area contributed by atoms with Gasteiger partial charge in [0.1, 0.15) is 0 Å². The van der Waals surface area contributed by atoms with Crippen LogP contribution in [0.5, 0.6) is 0 Å². The summed E-state index contributed by atoms with van der Waals surface area (Å²) in [5.41, 5.74) is -1.13. The number of hydrogen-bond acceptors (Lipinski definition) is 5. The van der Waals surface area contributed by atoms with Crippen molar-refractivity contribution in [1.82, 2.24) is 4.90 Å². The Morgan fingerprint density at radius 1 is 1.47 bits per heavy atom. The quantitative estimate of drug-likeness (QED) is 0.616. The zero-order valence-electron chi connectivity index (χ0n) is 9.47. The van der Waals surface area contributed by atoms with Crippen molar-refractivity contribution in [3.63, 3.8) is 0 Å². The van der Waals surface area contributed by atoms with Crippen molar-refractivity contribution >= 4 is 16.1 Å². The van der Waals surface area contributed by atoms with E-state index in [1.54, 1.807) is 0 Å². The predicted molar refractivity (Wildman–Crippen MR) is 57.3 cm³/mol. The molecule has 1 saturated heterocycles. The van der Waals surface area contributed by atoms with Crippen molar-refractivity contribution in [2.45, 2.75) is 18.9 Å². The van der Waals surface area contributed by atoms with Gasteiger partial charge in [0.25, 0.3) is 0 Å². The van der Waals surface area contributed by atoms with Crippen LogP contribution in [0.4, 0.5) is 3.89 Å². The molecule has 1 amide bonds. The maximum absolute atomic E-state index is 12.5. The van der Waals surface area contributed by atoms with E-state index in [1.165, 1.54) is 11.8 Å². The SMILES string of the molecule is CC(CO)(CO)N1CC(CS(=O)(=O)F)CC1=O. The number of aliphatic hydroxyl groups is 2. The summed E-state index contributed by atoms with van der Waals surface area (Å²) in [6, 6.07) is 0. The fourth-order valence-corrected chi connectivity index (χ4v) is 2.70. The molecule has 17 heavy (non-hydrogen) atoms. The van der Waals surface area contributed by atoms with E-state index in [2.05, 4.69) is 0 Å². The number of halogens is 1. The van der Waals surface area contributed by atoms with Gasteiger partial charge >= 0.3 is 10.2 Å². The maximum atomic E-state index is 12.5. The zero-order valence-corrected chi connectivity index (χ0v) is 10.3. The van der Waals surface area contributed by atoms with E-state index in [9.17, 15) is 17.1 Å². The number of carbonyl (C=O) groups is 1. The summed E-state index contributed by atoms with van der Waals surface area (Å²) in [6.07, 6.45) is -0.0846. The number of rotatable bonds is 5. The number of hydrogen-bond donors (Lipinski definition) is 2. The van der Waals surface area contributed by atoms with Gasteiger partial charge in [-0.2, -0.15) is 8.42 Å². The van der Waals surface area contributed by atoms with E-state index < -0.39 is 40.6 Å². The van der Waals surface area contributed by atoms with Gasteiger partial charge in [0, 0.05) is 18.9 Å². The Morgan fingerprint density at radius 2 is 2.00 bits per heavy atom. The highest BCUT2D eigenvalue weighted by atomic mass is 32.3. The molecular weight excluding hydrogens is 253 g/mol. The highest BCUT2D eigenvalue weighted by Crippen LogP contribution is 2.27. The molecule has 1 heterocycles. The minimum absolute atomic E-state index is 0.0274. The highest BCUT2D eigenvalue weighted by Gasteiger charge is 2.42. The standard InChI is InChI=1S/C9H16FNO5S/c1-9(5-12,6-13)11-3-7(2-8(11)14)4-17(10,15)16/h7,12-13H,2-6H2,1H3. The molecule has 100 valence electrons. The number of aliphatic hydroxyl groups excluding tert-OH is 2. The molecule has 0 spiro atoms. The van der Waals surface area contributed by atoms with Crippen molar-refractivity contribution in [1.29, 1.82) is 0 Å². The molecule has 2 N–H and O–H groups in total. The Morgan fingerprint density at radius 3 is 2.41 bits per heavy atom. The third-order valence-corrected chi connectivity index (χ3v) is 3.84. The fourth-order valence-electron chi connectivity index (χ4n) is 1.92.